The molecule has 0 aliphatic carbocycles. The van der Waals surface area contributed by atoms with Gasteiger partial charge in [0.1, 0.15) is 5.54 Å². The number of nitrogens with zero attached hydrogens (tertiary/aromatic N) is 2. The van der Waals surface area contributed by atoms with E-state index in [1.165, 1.54) is 6.42 Å². The Labute approximate surface area is 71.6 Å². The van der Waals surface area contributed by atoms with E-state index in [0.717, 1.165) is 25.9 Å². The SMILES string of the molecule is [2H]C([2H])C(C)(C#N)N1CCCCC1. The minimum absolute atomic E-state index is 0.859. The Morgan fingerprint density at radius 3 is 2.55 bits per heavy atom. The predicted molar refractivity (Wildman–Crippen MR) is 45.1 cm³/mol. The number of hydrogen-bond donors (Lipinski definition) is 0. The summed E-state index contributed by atoms with van der Waals surface area (Å²) in [4.78, 5) is 1.97. The highest BCUT2D eigenvalue weighted by Gasteiger charge is 2.26. The maximum absolute atomic E-state index is 8.98. The molecular weight excluding hydrogens is 136 g/mol. The molecule has 62 valence electrons. The third kappa shape index (κ3) is 1.94. The highest BCUT2D eigenvalue weighted by molar-refractivity contribution is 5.02. The van der Waals surface area contributed by atoms with Crippen LogP contribution < -0.4 is 0 Å². The largest absolute Gasteiger partial charge is 0.286 e. The van der Waals surface area contributed by atoms with Gasteiger partial charge in [-0.3, -0.25) is 4.90 Å². The Kier molecular flexibility index (Phi) is 1.77. The molecule has 1 saturated heterocycles. The molecule has 1 aliphatic heterocycles. The van der Waals surface area contributed by atoms with Crippen molar-refractivity contribution in [1.29, 1.82) is 5.26 Å². The Balaban J connectivity index is 2.70. The second-order valence-corrected chi connectivity index (χ2v) is 3.31. The van der Waals surface area contributed by atoms with Crippen LogP contribution in [0, 0.1) is 11.3 Å². The topological polar surface area (TPSA) is 27.0 Å². The number of piperidine rings is 1. The van der Waals surface area contributed by atoms with Crippen LogP contribution in [0.4, 0.5) is 0 Å². The van der Waals surface area contributed by atoms with Gasteiger partial charge in [0.05, 0.1) is 6.07 Å². The summed E-state index contributed by atoms with van der Waals surface area (Å²) in [6, 6.07) is 2.10. The van der Waals surface area contributed by atoms with Crippen LogP contribution in [0.25, 0.3) is 0 Å². The van der Waals surface area contributed by atoms with Crippen molar-refractivity contribution in [1.82, 2.24) is 4.90 Å². The lowest BCUT2D eigenvalue weighted by atomic mass is 10.0. The average Bonchev–Trinajstić information content (AvgIpc) is 2.17. The van der Waals surface area contributed by atoms with Gasteiger partial charge < -0.3 is 0 Å². The van der Waals surface area contributed by atoms with E-state index < -0.39 is 12.4 Å². The van der Waals surface area contributed by atoms with E-state index in [-0.39, 0.29) is 0 Å². The smallest absolute Gasteiger partial charge is 0.103 e. The van der Waals surface area contributed by atoms with E-state index in [9.17, 15) is 0 Å². The first-order valence-electron chi connectivity index (χ1n) is 5.27. The van der Waals surface area contributed by atoms with Crippen LogP contribution >= 0.6 is 0 Å². The maximum atomic E-state index is 8.98. The molecule has 0 aromatic heterocycles. The van der Waals surface area contributed by atoms with E-state index in [1.54, 1.807) is 6.92 Å². The molecule has 1 rings (SSSR count). The van der Waals surface area contributed by atoms with Crippen LogP contribution in [0.3, 0.4) is 0 Å². The summed E-state index contributed by atoms with van der Waals surface area (Å²) < 4.78 is 14.7. The molecule has 0 aromatic rings. The standard InChI is InChI=1S/C9H16N2/c1-9(2,8-10)11-6-4-3-5-7-11/h3-7H2,1-2H3/i1D2. The fourth-order valence-corrected chi connectivity index (χ4v) is 1.43. The molecule has 0 spiro atoms. The molecule has 11 heavy (non-hydrogen) atoms. The van der Waals surface area contributed by atoms with Gasteiger partial charge >= 0.3 is 0 Å². The fourth-order valence-electron chi connectivity index (χ4n) is 1.43. The number of nitriles is 1. The molecule has 1 aliphatic rings. The Morgan fingerprint density at radius 1 is 1.45 bits per heavy atom. The summed E-state index contributed by atoms with van der Waals surface area (Å²) in [6.45, 7) is 2.33. The summed E-state index contributed by atoms with van der Waals surface area (Å²) in [7, 11) is 0. The lowest BCUT2D eigenvalue weighted by Crippen LogP contribution is -2.45. The molecule has 2 heteroatoms. The highest BCUT2D eigenvalue weighted by atomic mass is 15.2. The van der Waals surface area contributed by atoms with Crippen LogP contribution in [0.1, 0.15) is 35.8 Å². The summed E-state index contributed by atoms with van der Waals surface area (Å²) in [5.74, 6) is 0. The second kappa shape index (κ2) is 3.23. The molecule has 0 saturated carbocycles. The second-order valence-electron chi connectivity index (χ2n) is 3.31. The first-order chi connectivity index (χ1) is 6.11. The van der Waals surface area contributed by atoms with Crippen LogP contribution in [-0.4, -0.2) is 23.5 Å². The summed E-state index contributed by atoms with van der Waals surface area (Å²) in [5.41, 5.74) is -0.916. The minimum Gasteiger partial charge on any atom is -0.286 e. The molecule has 0 aromatic carbocycles. The number of hydrogen-bond acceptors (Lipinski definition) is 2. The van der Waals surface area contributed by atoms with E-state index in [0.29, 0.717) is 0 Å². The zero-order valence-corrected chi connectivity index (χ0v) is 7.01. The molecule has 1 fully saturated rings. The molecule has 1 unspecified atom stereocenters. The van der Waals surface area contributed by atoms with E-state index in [2.05, 4.69) is 6.07 Å². The van der Waals surface area contributed by atoms with Gasteiger partial charge in [0.2, 0.25) is 0 Å². The fraction of sp³-hybridized carbons (Fsp3) is 0.889. The van der Waals surface area contributed by atoms with E-state index in [4.69, 9.17) is 8.00 Å². The Hall–Kier alpha value is -0.550. The van der Waals surface area contributed by atoms with Gasteiger partial charge in [0, 0.05) is 2.74 Å². The zero-order chi connectivity index (χ0) is 9.90. The van der Waals surface area contributed by atoms with Crippen molar-refractivity contribution in [3.05, 3.63) is 0 Å². The van der Waals surface area contributed by atoms with Crippen LogP contribution in [0.2, 0.25) is 0 Å². The van der Waals surface area contributed by atoms with Gasteiger partial charge in [0.15, 0.2) is 0 Å². The molecular formula is C9H16N2. The highest BCUT2D eigenvalue weighted by Crippen LogP contribution is 2.19. The molecule has 0 N–H and O–H groups in total. The van der Waals surface area contributed by atoms with Gasteiger partial charge in [-0.2, -0.15) is 5.26 Å². The molecule has 2 nitrogen and oxygen atoms in total. The molecule has 1 heterocycles. The minimum atomic E-state index is -1.09. The Bertz CT molecular complexity index is 206. The quantitative estimate of drug-likeness (QED) is 0.575. The molecule has 1 atom stereocenters. The van der Waals surface area contributed by atoms with Gasteiger partial charge in [-0.25, -0.2) is 0 Å². The van der Waals surface area contributed by atoms with Gasteiger partial charge in [0.25, 0.3) is 0 Å². The first-order valence-corrected chi connectivity index (χ1v) is 4.12. The number of likely N-dealkylation sites (tertiary alicyclic amines) is 1. The van der Waals surface area contributed by atoms with Gasteiger partial charge in [-0.15, -0.1) is 0 Å². The van der Waals surface area contributed by atoms with Crippen molar-refractivity contribution < 1.29 is 2.74 Å². The van der Waals surface area contributed by atoms with E-state index in [1.807, 2.05) is 4.90 Å². The van der Waals surface area contributed by atoms with Crippen molar-refractivity contribution in [3.8, 4) is 6.07 Å². The van der Waals surface area contributed by atoms with E-state index >= 15 is 0 Å². The zero-order valence-electron chi connectivity index (χ0n) is 9.01. The van der Waals surface area contributed by atoms with Crippen molar-refractivity contribution in [3.63, 3.8) is 0 Å². The Morgan fingerprint density at radius 2 is 2.09 bits per heavy atom. The number of rotatable bonds is 1. The lowest BCUT2D eigenvalue weighted by molar-refractivity contribution is 0.138. The molecule has 0 amide bonds. The van der Waals surface area contributed by atoms with Gasteiger partial charge in [-0.1, -0.05) is 6.42 Å². The predicted octanol–water partition coefficient (Wildman–Crippen LogP) is 1.77. The lowest BCUT2D eigenvalue weighted by Gasteiger charge is -2.35. The van der Waals surface area contributed by atoms with Crippen LogP contribution in [0.5, 0.6) is 0 Å². The van der Waals surface area contributed by atoms with Crippen LogP contribution in [-0.2, 0) is 0 Å². The summed E-state index contributed by atoms with van der Waals surface area (Å²) in [6.07, 6.45) is 3.38. The van der Waals surface area contributed by atoms with Crippen molar-refractivity contribution in [2.24, 2.45) is 0 Å². The van der Waals surface area contributed by atoms with Crippen molar-refractivity contribution in [2.45, 2.75) is 38.6 Å². The van der Waals surface area contributed by atoms with Gasteiger partial charge in [-0.05, 0) is 39.7 Å². The average molecular weight is 154 g/mol. The van der Waals surface area contributed by atoms with Crippen molar-refractivity contribution >= 4 is 0 Å². The summed E-state index contributed by atoms with van der Waals surface area (Å²) >= 11 is 0. The normalized spacial score (nSPS) is 28.5. The molecule has 0 bridgehead atoms. The third-order valence-corrected chi connectivity index (χ3v) is 2.24. The maximum Gasteiger partial charge on any atom is 0.103 e. The third-order valence-electron chi connectivity index (χ3n) is 2.24. The monoisotopic (exact) mass is 154 g/mol. The summed E-state index contributed by atoms with van der Waals surface area (Å²) in [5, 5.41) is 8.98. The van der Waals surface area contributed by atoms with Crippen molar-refractivity contribution in [2.75, 3.05) is 13.1 Å². The van der Waals surface area contributed by atoms with Crippen LogP contribution in [0.15, 0.2) is 0 Å². The molecule has 0 radical (unpaired) electrons. The first kappa shape index (κ1) is 6.02.